The predicted octanol–water partition coefficient (Wildman–Crippen LogP) is 2.59. The first-order valence-corrected chi connectivity index (χ1v) is 14.0. The number of nitrogens with zero attached hydrogens (tertiary/aromatic N) is 4. The van der Waals surface area contributed by atoms with Gasteiger partial charge >= 0.3 is 5.97 Å². The number of fused-ring (bicyclic) bond motifs is 1. The first-order chi connectivity index (χ1) is 17.8. The Hall–Kier alpha value is -3.17. The highest BCUT2D eigenvalue weighted by Crippen LogP contribution is 2.41. The van der Waals surface area contributed by atoms with Crippen LogP contribution >= 0.6 is 39.0 Å². The van der Waals surface area contributed by atoms with Crippen molar-refractivity contribution in [3.8, 4) is 0 Å². The molecule has 3 aliphatic rings. The fourth-order valence-corrected chi connectivity index (χ4v) is 6.39. The molecule has 4 heterocycles. The number of rotatable bonds is 8. The summed E-state index contributed by atoms with van der Waals surface area (Å²) in [5.74, 6) is -1.70. The second-order valence-corrected chi connectivity index (χ2v) is 11.3. The number of carbonyl (C=O) groups is 3. The number of amides is 2. The van der Waals surface area contributed by atoms with Crippen molar-refractivity contribution in [1.82, 2.24) is 20.4 Å². The number of carboxylic acid groups (broad SMARTS) is 1. The number of halogens is 1. The molecule has 15 heteroatoms. The van der Waals surface area contributed by atoms with Crippen LogP contribution < -0.4 is 11.1 Å². The van der Waals surface area contributed by atoms with Gasteiger partial charge < -0.3 is 25.5 Å². The molecule has 2 fully saturated rings. The van der Waals surface area contributed by atoms with Crippen LogP contribution in [0, 0.1) is 0 Å². The highest BCUT2D eigenvalue weighted by molar-refractivity contribution is 9.10. The molecule has 1 aliphatic carbocycles. The van der Waals surface area contributed by atoms with Crippen LogP contribution in [-0.4, -0.2) is 66.9 Å². The number of oxime groups is 1. The Morgan fingerprint density at radius 3 is 2.78 bits per heavy atom. The number of nitrogens with two attached hydrogens (primary N) is 1. The Labute approximate surface area is 227 Å². The largest absolute Gasteiger partial charge is 0.477 e. The Morgan fingerprint density at radius 2 is 2.14 bits per heavy atom. The zero-order chi connectivity index (χ0) is 26.1. The van der Waals surface area contributed by atoms with E-state index in [2.05, 4.69) is 36.5 Å². The quantitative estimate of drug-likeness (QED) is 0.229. The topological polar surface area (TPSA) is 173 Å². The standard InChI is InChI=1S/C22H21BrN6O6S2/c23-14-7-12(35-27-14)6-5-10-8-36-20-16(19(31)29(20)17(10)21(32)33)26-18(30)15(13-9-37-22(24)25-13)28-34-11-3-1-2-4-11/h5-7,9,11,16,20H,1-4,8H2,(H2,24,25)(H,26,30)(H,32,33)/b6-5-,28-15-/t16-,20-/m1/s1. The first kappa shape index (κ1) is 25.5. The van der Waals surface area contributed by atoms with Crippen LogP contribution in [0.5, 0.6) is 0 Å². The molecule has 0 spiro atoms. The number of nitrogen functional groups attached to an aromatic ring is 1. The zero-order valence-electron chi connectivity index (χ0n) is 19.1. The third-order valence-electron chi connectivity index (χ3n) is 6.01. The molecule has 0 unspecified atom stereocenters. The van der Waals surface area contributed by atoms with Gasteiger partial charge in [0.05, 0.1) is 0 Å². The Morgan fingerprint density at radius 1 is 1.35 bits per heavy atom. The van der Waals surface area contributed by atoms with Crippen molar-refractivity contribution >= 4 is 73.7 Å². The molecular weight excluding hydrogens is 588 g/mol. The van der Waals surface area contributed by atoms with Crippen LogP contribution in [0.3, 0.4) is 0 Å². The molecule has 2 aromatic heterocycles. The Bertz CT molecular complexity index is 1330. The third-order valence-corrected chi connectivity index (χ3v) is 8.36. The van der Waals surface area contributed by atoms with Gasteiger partial charge in [-0.1, -0.05) is 16.4 Å². The van der Waals surface area contributed by atoms with Gasteiger partial charge in [0, 0.05) is 17.2 Å². The normalized spacial score (nSPS) is 22.4. The summed E-state index contributed by atoms with van der Waals surface area (Å²) in [7, 11) is 0. The number of aromatic nitrogens is 2. The first-order valence-electron chi connectivity index (χ1n) is 11.3. The number of hydrogen-bond acceptors (Lipinski definition) is 11. The van der Waals surface area contributed by atoms with Crippen LogP contribution in [0.1, 0.15) is 37.1 Å². The van der Waals surface area contributed by atoms with Gasteiger partial charge in [-0.15, -0.1) is 23.1 Å². The van der Waals surface area contributed by atoms with Crippen molar-refractivity contribution in [2.75, 3.05) is 11.5 Å². The van der Waals surface area contributed by atoms with E-state index in [4.69, 9.17) is 15.1 Å². The molecule has 0 radical (unpaired) electrons. The minimum absolute atomic E-state index is 0.0808. The Kier molecular flexibility index (Phi) is 7.35. The molecule has 1 saturated heterocycles. The lowest BCUT2D eigenvalue weighted by Gasteiger charge is -2.49. The summed E-state index contributed by atoms with van der Waals surface area (Å²) in [6.07, 6.45) is 6.83. The number of allylic oxidation sites excluding steroid dienone is 1. The Balaban J connectivity index is 1.33. The molecule has 2 amide bonds. The summed E-state index contributed by atoms with van der Waals surface area (Å²) < 4.78 is 5.59. The smallest absolute Gasteiger partial charge is 0.352 e. The molecule has 0 aromatic carbocycles. The van der Waals surface area contributed by atoms with Gasteiger partial charge in [-0.2, -0.15) is 0 Å². The van der Waals surface area contributed by atoms with Crippen LogP contribution in [0.15, 0.2) is 43.1 Å². The van der Waals surface area contributed by atoms with Gasteiger partial charge in [0.25, 0.3) is 11.8 Å². The zero-order valence-corrected chi connectivity index (χ0v) is 22.3. The molecule has 4 N–H and O–H groups in total. The number of carbonyl (C=O) groups excluding carboxylic acids is 2. The second-order valence-electron chi connectivity index (χ2n) is 8.45. The monoisotopic (exact) mass is 608 g/mol. The molecule has 2 aromatic rings. The van der Waals surface area contributed by atoms with Gasteiger partial charge in [-0.05, 0) is 53.3 Å². The number of thiazole rings is 1. The van der Waals surface area contributed by atoms with Crippen LogP contribution in [0.25, 0.3) is 6.08 Å². The van der Waals surface area contributed by atoms with Crippen LogP contribution in [0.2, 0.25) is 0 Å². The average Bonchev–Trinajstić information content (AvgIpc) is 3.64. The summed E-state index contributed by atoms with van der Waals surface area (Å²) >= 11 is 5.68. The molecule has 12 nitrogen and oxygen atoms in total. The van der Waals surface area contributed by atoms with E-state index in [1.54, 1.807) is 23.6 Å². The third kappa shape index (κ3) is 5.29. The average molecular weight is 609 g/mol. The molecule has 2 aliphatic heterocycles. The van der Waals surface area contributed by atoms with Gasteiger partial charge in [0.15, 0.2) is 16.6 Å². The van der Waals surface area contributed by atoms with Crippen molar-refractivity contribution in [3.63, 3.8) is 0 Å². The number of nitrogens with one attached hydrogen (secondary N) is 1. The number of β-lactam (4-membered cyclic amide) rings is 1. The summed E-state index contributed by atoms with van der Waals surface area (Å²) in [6.45, 7) is 0. The number of aliphatic carboxylic acids is 1. The highest BCUT2D eigenvalue weighted by Gasteiger charge is 2.54. The van der Waals surface area contributed by atoms with E-state index >= 15 is 0 Å². The fraction of sp³-hybridized carbons (Fsp3) is 0.364. The van der Waals surface area contributed by atoms with Gasteiger partial charge in [-0.25, -0.2) is 9.78 Å². The maximum Gasteiger partial charge on any atom is 0.352 e. The van der Waals surface area contributed by atoms with Crippen LogP contribution in [0.4, 0.5) is 5.13 Å². The molecule has 5 rings (SSSR count). The lowest BCUT2D eigenvalue weighted by atomic mass is 10.0. The molecule has 194 valence electrons. The highest BCUT2D eigenvalue weighted by atomic mass is 79.9. The van der Waals surface area contributed by atoms with E-state index in [0.29, 0.717) is 21.7 Å². The van der Waals surface area contributed by atoms with Crippen molar-refractivity contribution in [2.24, 2.45) is 5.16 Å². The number of thioether (sulfide) groups is 1. The summed E-state index contributed by atoms with van der Waals surface area (Å²) in [6, 6.07) is 0.692. The van der Waals surface area contributed by atoms with E-state index in [1.807, 2.05) is 0 Å². The lowest BCUT2D eigenvalue weighted by Crippen LogP contribution is -2.71. The van der Waals surface area contributed by atoms with Gasteiger partial charge in [0.2, 0.25) is 0 Å². The predicted molar refractivity (Wildman–Crippen MR) is 139 cm³/mol. The van der Waals surface area contributed by atoms with Gasteiger partial charge in [0.1, 0.15) is 33.5 Å². The molecule has 0 bridgehead atoms. The second kappa shape index (κ2) is 10.7. The van der Waals surface area contributed by atoms with E-state index in [-0.39, 0.29) is 28.3 Å². The molecule has 1 saturated carbocycles. The van der Waals surface area contributed by atoms with Crippen LogP contribution in [-0.2, 0) is 19.2 Å². The van der Waals surface area contributed by atoms with E-state index < -0.39 is 29.2 Å². The van der Waals surface area contributed by atoms with Crippen molar-refractivity contribution in [1.29, 1.82) is 0 Å². The number of hydrogen-bond donors (Lipinski definition) is 3. The maximum atomic E-state index is 13.2. The van der Waals surface area contributed by atoms with Crippen molar-refractivity contribution in [3.05, 3.63) is 44.8 Å². The molecular formula is C22H21BrN6O6S2. The summed E-state index contributed by atoms with van der Waals surface area (Å²) in [5, 5.41) is 21.6. The van der Waals surface area contributed by atoms with E-state index in [9.17, 15) is 19.5 Å². The number of anilines is 1. The van der Waals surface area contributed by atoms with E-state index in [1.165, 1.54) is 16.7 Å². The minimum Gasteiger partial charge on any atom is -0.477 e. The molecule has 37 heavy (non-hydrogen) atoms. The van der Waals surface area contributed by atoms with Gasteiger partial charge in [-0.3, -0.25) is 14.5 Å². The fourth-order valence-electron chi connectivity index (χ4n) is 4.23. The maximum absolute atomic E-state index is 13.2. The van der Waals surface area contributed by atoms with Crippen molar-refractivity contribution < 1.29 is 28.9 Å². The SMILES string of the molecule is Nc1nc(/C(=N/OC2CCCC2)C(=O)N[C@@H]2C(=O)N3C(C(=O)O)=C(/C=C\c4cc(Br)no4)CS[C@H]23)cs1. The minimum atomic E-state index is -1.24. The number of carboxylic acids is 1. The molecule has 2 atom stereocenters. The summed E-state index contributed by atoms with van der Waals surface area (Å²) in [4.78, 5) is 49.2. The summed E-state index contributed by atoms with van der Waals surface area (Å²) in [5.41, 5.74) is 6.20. The lowest BCUT2D eigenvalue weighted by molar-refractivity contribution is -0.150. The van der Waals surface area contributed by atoms with Crippen molar-refractivity contribution in [2.45, 2.75) is 43.2 Å². The van der Waals surface area contributed by atoms with E-state index in [0.717, 1.165) is 37.0 Å².